The third-order valence-corrected chi connectivity index (χ3v) is 4.24. The third kappa shape index (κ3) is 2.65. The molecule has 3 aromatic rings. The van der Waals surface area contributed by atoms with Gasteiger partial charge in [-0.1, -0.05) is 42.5 Å². The molecule has 25 heavy (non-hydrogen) atoms. The molecule has 1 atom stereocenters. The molecule has 0 aliphatic carbocycles. The van der Waals surface area contributed by atoms with Crippen molar-refractivity contribution in [3.63, 3.8) is 0 Å². The number of ether oxygens (including phenoxy) is 1. The minimum Gasteiger partial charge on any atom is -0.405 e. The van der Waals surface area contributed by atoms with Gasteiger partial charge in [-0.15, -0.1) is 5.10 Å². The Morgan fingerprint density at radius 1 is 1.16 bits per heavy atom. The number of H-pyrrole nitrogens is 1. The zero-order valence-corrected chi connectivity index (χ0v) is 13.0. The van der Waals surface area contributed by atoms with Crippen molar-refractivity contribution in [3.05, 3.63) is 75.8 Å². The van der Waals surface area contributed by atoms with E-state index in [2.05, 4.69) is 10.2 Å². The molecule has 2 heterocycles. The van der Waals surface area contributed by atoms with Gasteiger partial charge in [-0.05, 0) is 11.1 Å². The molecule has 1 N–H and O–H groups in total. The Bertz CT molecular complexity index is 965. The summed E-state index contributed by atoms with van der Waals surface area (Å²) in [5.74, 6) is -0.535. The highest BCUT2D eigenvalue weighted by Gasteiger charge is 2.34. The van der Waals surface area contributed by atoms with Gasteiger partial charge in [0.1, 0.15) is 0 Å². The number of carbonyl (C=O) groups excluding carboxylic acids is 1. The summed E-state index contributed by atoms with van der Waals surface area (Å²) in [5, 5.41) is 18.1. The van der Waals surface area contributed by atoms with Gasteiger partial charge in [0.25, 0.3) is 5.69 Å². The van der Waals surface area contributed by atoms with E-state index in [4.69, 9.17) is 4.74 Å². The van der Waals surface area contributed by atoms with Crippen molar-refractivity contribution in [2.45, 2.75) is 12.3 Å². The lowest BCUT2D eigenvalue weighted by Gasteiger charge is -2.22. The van der Waals surface area contributed by atoms with Crippen LogP contribution in [0.3, 0.4) is 0 Å². The Morgan fingerprint density at radius 2 is 1.96 bits per heavy atom. The van der Waals surface area contributed by atoms with Crippen LogP contribution in [0.2, 0.25) is 0 Å². The molecule has 0 fully saturated rings. The van der Waals surface area contributed by atoms with Crippen LogP contribution in [0.25, 0.3) is 11.3 Å². The molecule has 0 saturated carbocycles. The van der Waals surface area contributed by atoms with Gasteiger partial charge in [0.2, 0.25) is 5.88 Å². The van der Waals surface area contributed by atoms with Crippen molar-refractivity contribution in [3.8, 4) is 17.1 Å². The van der Waals surface area contributed by atoms with E-state index in [9.17, 15) is 14.9 Å². The smallest absolute Gasteiger partial charge is 0.313 e. The number of nitro groups is 1. The highest BCUT2D eigenvalue weighted by Crippen LogP contribution is 2.43. The third-order valence-electron chi connectivity index (χ3n) is 4.24. The van der Waals surface area contributed by atoms with Crippen molar-refractivity contribution in [2.24, 2.45) is 0 Å². The molecule has 7 heteroatoms. The number of aromatic amines is 1. The zero-order valence-electron chi connectivity index (χ0n) is 13.0. The van der Waals surface area contributed by atoms with Crippen molar-refractivity contribution in [1.82, 2.24) is 10.2 Å². The molecule has 0 saturated heterocycles. The number of hydrogen-bond donors (Lipinski definition) is 1. The number of nitro benzene ring substituents is 1. The van der Waals surface area contributed by atoms with Gasteiger partial charge < -0.3 is 4.74 Å². The summed E-state index contributed by atoms with van der Waals surface area (Å²) in [4.78, 5) is 22.6. The minimum atomic E-state index is -0.445. The first kappa shape index (κ1) is 15.1. The van der Waals surface area contributed by atoms with Crippen molar-refractivity contribution in [2.75, 3.05) is 0 Å². The summed E-state index contributed by atoms with van der Waals surface area (Å²) in [7, 11) is 0. The van der Waals surface area contributed by atoms with Crippen LogP contribution in [0.5, 0.6) is 5.88 Å². The quantitative estimate of drug-likeness (QED) is 0.449. The van der Waals surface area contributed by atoms with E-state index >= 15 is 0 Å². The molecule has 1 aliphatic rings. The van der Waals surface area contributed by atoms with E-state index in [0.717, 1.165) is 16.8 Å². The lowest BCUT2D eigenvalue weighted by molar-refractivity contribution is -0.384. The fourth-order valence-corrected chi connectivity index (χ4v) is 3.12. The lowest BCUT2D eigenvalue weighted by Crippen LogP contribution is -2.20. The maximum atomic E-state index is 12.0. The van der Waals surface area contributed by atoms with Gasteiger partial charge in [-0.3, -0.25) is 20.0 Å². The van der Waals surface area contributed by atoms with Gasteiger partial charge >= 0.3 is 5.97 Å². The van der Waals surface area contributed by atoms with Crippen LogP contribution in [-0.4, -0.2) is 21.1 Å². The Labute approximate surface area is 142 Å². The lowest BCUT2D eigenvalue weighted by atomic mass is 9.85. The van der Waals surface area contributed by atoms with E-state index in [1.54, 1.807) is 12.1 Å². The van der Waals surface area contributed by atoms with Crippen LogP contribution in [0, 0.1) is 10.1 Å². The Morgan fingerprint density at radius 3 is 2.72 bits per heavy atom. The number of non-ortho nitro benzene ring substituents is 1. The molecule has 4 rings (SSSR count). The van der Waals surface area contributed by atoms with E-state index < -0.39 is 10.9 Å². The second-order valence-electron chi connectivity index (χ2n) is 5.77. The molecule has 1 aromatic heterocycles. The maximum Gasteiger partial charge on any atom is 0.313 e. The van der Waals surface area contributed by atoms with Crippen molar-refractivity contribution in [1.29, 1.82) is 0 Å². The van der Waals surface area contributed by atoms with Crippen LogP contribution < -0.4 is 4.74 Å². The largest absolute Gasteiger partial charge is 0.405 e. The van der Waals surface area contributed by atoms with Crippen LogP contribution in [0.1, 0.15) is 23.5 Å². The Kier molecular flexibility index (Phi) is 3.53. The number of fused-ring (bicyclic) bond motifs is 1. The van der Waals surface area contributed by atoms with E-state index in [0.29, 0.717) is 5.56 Å². The van der Waals surface area contributed by atoms with Crippen molar-refractivity contribution < 1.29 is 14.5 Å². The molecule has 7 nitrogen and oxygen atoms in total. The van der Waals surface area contributed by atoms with Gasteiger partial charge in [-0.2, -0.15) is 0 Å². The highest BCUT2D eigenvalue weighted by molar-refractivity contribution is 5.80. The second-order valence-corrected chi connectivity index (χ2v) is 5.77. The van der Waals surface area contributed by atoms with Crippen LogP contribution in [0.4, 0.5) is 5.69 Å². The molecular weight excluding hydrogens is 322 g/mol. The number of carbonyl (C=O) groups is 1. The fourth-order valence-electron chi connectivity index (χ4n) is 3.12. The Balaban J connectivity index is 1.87. The minimum absolute atomic E-state index is 0.0113. The average molecular weight is 335 g/mol. The predicted octanol–water partition coefficient (Wildman–Crippen LogP) is 3.43. The average Bonchev–Trinajstić information content (AvgIpc) is 3.05. The molecule has 0 radical (unpaired) electrons. The van der Waals surface area contributed by atoms with Gasteiger partial charge in [-0.25, -0.2) is 0 Å². The highest BCUT2D eigenvalue weighted by atomic mass is 16.6. The summed E-state index contributed by atoms with van der Waals surface area (Å²) < 4.78 is 5.25. The standard InChI is InChI=1S/C18H13N3O4/c22-15-10-14(12-7-4-8-13(9-12)21(23)24)16-17(19-20-18(16)25-15)11-5-2-1-3-6-11/h1-9,14H,10H2,(H,19,20)/t14-/m1/s1. The summed E-state index contributed by atoms with van der Waals surface area (Å²) in [6.07, 6.45) is 0.105. The van der Waals surface area contributed by atoms with Gasteiger partial charge in [0.15, 0.2) is 0 Å². The number of rotatable bonds is 3. The van der Waals surface area contributed by atoms with E-state index in [-0.39, 0.29) is 23.9 Å². The molecule has 1 aliphatic heterocycles. The molecule has 0 unspecified atom stereocenters. The molecular formula is C18H13N3O4. The van der Waals surface area contributed by atoms with E-state index in [1.807, 2.05) is 30.3 Å². The first-order chi connectivity index (χ1) is 12.1. The Hall–Kier alpha value is -3.48. The second kappa shape index (κ2) is 5.86. The molecule has 0 bridgehead atoms. The number of nitrogens with one attached hydrogen (secondary N) is 1. The van der Waals surface area contributed by atoms with E-state index in [1.165, 1.54) is 12.1 Å². The molecule has 124 valence electrons. The summed E-state index contributed by atoms with van der Waals surface area (Å²) in [6, 6.07) is 15.9. The van der Waals surface area contributed by atoms with Crippen LogP contribution in [0.15, 0.2) is 54.6 Å². The number of hydrogen-bond acceptors (Lipinski definition) is 5. The summed E-state index contributed by atoms with van der Waals surface area (Å²) in [6.45, 7) is 0. The first-order valence-electron chi connectivity index (χ1n) is 7.72. The number of esters is 1. The monoisotopic (exact) mass is 335 g/mol. The van der Waals surface area contributed by atoms with Gasteiger partial charge in [0.05, 0.1) is 22.6 Å². The topological polar surface area (TPSA) is 98.1 Å². The fraction of sp³-hybridized carbons (Fsp3) is 0.111. The number of aromatic nitrogens is 2. The summed E-state index contributed by atoms with van der Waals surface area (Å²) >= 11 is 0. The molecule has 2 aromatic carbocycles. The molecule has 0 amide bonds. The number of benzene rings is 2. The zero-order chi connectivity index (χ0) is 17.4. The van der Waals surface area contributed by atoms with Crippen LogP contribution in [-0.2, 0) is 4.79 Å². The van der Waals surface area contributed by atoms with Gasteiger partial charge in [0, 0.05) is 18.1 Å². The first-order valence-corrected chi connectivity index (χ1v) is 7.72. The normalized spacial score (nSPS) is 16.2. The van der Waals surface area contributed by atoms with Crippen LogP contribution >= 0.6 is 0 Å². The van der Waals surface area contributed by atoms with Crippen molar-refractivity contribution >= 4 is 11.7 Å². The SMILES string of the molecule is O=C1C[C@H](c2cccc([N+](=O)[O-])c2)c2c(n[nH]c2-c2ccccc2)O1. The predicted molar refractivity (Wildman–Crippen MR) is 89.2 cm³/mol. The number of nitrogens with zero attached hydrogens (tertiary/aromatic N) is 2. The maximum absolute atomic E-state index is 12.0. The summed E-state index contributed by atoms with van der Waals surface area (Å²) in [5.41, 5.74) is 3.07. The molecule has 0 spiro atoms.